The van der Waals surface area contributed by atoms with Gasteiger partial charge < -0.3 is 15.4 Å². The van der Waals surface area contributed by atoms with E-state index in [1.807, 2.05) is 0 Å². The molecule has 0 aromatic carbocycles. The number of rotatable bonds is 5. The number of urea groups is 1. The van der Waals surface area contributed by atoms with Crippen LogP contribution < -0.4 is 10.6 Å². The summed E-state index contributed by atoms with van der Waals surface area (Å²) in [6.45, 7) is 7.63. The molecule has 106 valence electrons. The molecule has 1 aromatic rings. The number of aromatic nitrogens is 2. The second-order valence-electron chi connectivity index (χ2n) is 5.25. The third-order valence-corrected chi connectivity index (χ3v) is 2.53. The molecule has 0 aliphatic rings. The van der Waals surface area contributed by atoms with Crippen molar-refractivity contribution in [3.8, 4) is 0 Å². The van der Waals surface area contributed by atoms with Gasteiger partial charge in [-0.25, -0.2) is 14.8 Å². The van der Waals surface area contributed by atoms with Gasteiger partial charge in [0.2, 0.25) is 0 Å². The van der Waals surface area contributed by atoms with E-state index in [0.29, 0.717) is 19.7 Å². The predicted molar refractivity (Wildman–Crippen MR) is 72.8 cm³/mol. The lowest BCUT2D eigenvalue weighted by atomic mass is 9.89. The Balaban J connectivity index is 2.56. The first-order chi connectivity index (χ1) is 8.95. The molecule has 6 nitrogen and oxygen atoms in total. The van der Waals surface area contributed by atoms with Gasteiger partial charge in [0.1, 0.15) is 6.33 Å². The predicted octanol–water partition coefficient (Wildman–Crippen LogP) is 1.22. The fourth-order valence-electron chi connectivity index (χ4n) is 1.67. The van der Waals surface area contributed by atoms with Gasteiger partial charge >= 0.3 is 6.03 Å². The van der Waals surface area contributed by atoms with Gasteiger partial charge in [0.05, 0.1) is 12.3 Å². The van der Waals surface area contributed by atoms with Crippen molar-refractivity contribution in [1.29, 1.82) is 0 Å². The molecule has 0 unspecified atom stereocenters. The van der Waals surface area contributed by atoms with E-state index >= 15 is 0 Å². The molecule has 1 aromatic heterocycles. The monoisotopic (exact) mass is 266 g/mol. The molecule has 0 fully saturated rings. The number of nitrogens with one attached hydrogen (secondary N) is 2. The van der Waals surface area contributed by atoms with E-state index in [1.165, 1.54) is 6.33 Å². The first kappa shape index (κ1) is 15.4. The second kappa shape index (κ2) is 7.04. The van der Waals surface area contributed by atoms with Crippen molar-refractivity contribution in [2.45, 2.75) is 32.7 Å². The van der Waals surface area contributed by atoms with Gasteiger partial charge in [0.25, 0.3) is 0 Å². The molecule has 0 spiro atoms. The Labute approximate surface area is 114 Å². The van der Waals surface area contributed by atoms with E-state index in [2.05, 4.69) is 41.4 Å². The van der Waals surface area contributed by atoms with Gasteiger partial charge in [-0.15, -0.1) is 0 Å². The van der Waals surface area contributed by atoms with Crippen LogP contribution in [0.4, 0.5) is 4.79 Å². The van der Waals surface area contributed by atoms with Gasteiger partial charge in [-0.3, -0.25) is 0 Å². The molecule has 0 aliphatic carbocycles. The molecule has 2 N–H and O–H groups in total. The molecule has 0 aliphatic heterocycles. The number of carbonyl (C=O) groups is 1. The Bertz CT molecular complexity index is 415. The summed E-state index contributed by atoms with van der Waals surface area (Å²) in [6, 6.07) is -0.222. The van der Waals surface area contributed by atoms with Crippen molar-refractivity contribution in [2.24, 2.45) is 0 Å². The first-order valence-corrected chi connectivity index (χ1v) is 6.25. The molecule has 2 amide bonds. The van der Waals surface area contributed by atoms with Gasteiger partial charge in [0, 0.05) is 37.4 Å². The van der Waals surface area contributed by atoms with Crippen LogP contribution in [0.5, 0.6) is 0 Å². The lowest BCUT2D eigenvalue weighted by molar-refractivity contribution is 0.196. The zero-order valence-corrected chi connectivity index (χ0v) is 12.0. The van der Waals surface area contributed by atoms with Crippen molar-refractivity contribution in [3.63, 3.8) is 0 Å². The van der Waals surface area contributed by atoms with E-state index in [-0.39, 0.29) is 11.4 Å². The molecule has 6 heteroatoms. The standard InChI is InChI=1S/C13H22N4O2/c1-13(2,3)11-10(7-14-9-17-11)8-16-12(18)15-5-6-19-4/h7,9H,5-6,8H2,1-4H3,(H2,15,16,18). The van der Waals surface area contributed by atoms with Crippen LogP contribution in [0, 0.1) is 0 Å². The number of nitrogens with zero attached hydrogens (tertiary/aromatic N) is 2. The maximum absolute atomic E-state index is 11.5. The van der Waals surface area contributed by atoms with Crippen LogP contribution in [-0.4, -0.2) is 36.3 Å². The molecule has 0 saturated carbocycles. The van der Waals surface area contributed by atoms with Crippen molar-refractivity contribution < 1.29 is 9.53 Å². The minimum atomic E-state index is -0.222. The van der Waals surface area contributed by atoms with Crippen LogP contribution in [0.15, 0.2) is 12.5 Å². The molecule has 0 atom stereocenters. The van der Waals surface area contributed by atoms with Crippen LogP contribution in [0.3, 0.4) is 0 Å². The highest BCUT2D eigenvalue weighted by Crippen LogP contribution is 2.22. The van der Waals surface area contributed by atoms with Crippen molar-refractivity contribution >= 4 is 6.03 Å². The first-order valence-electron chi connectivity index (χ1n) is 6.25. The number of ether oxygens (including phenoxy) is 1. The van der Waals surface area contributed by atoms with E-state index in [1.54, 1.807) is 13.3 Å². The Morgan fingerprint density at radius 2 is 2.11 bits per heavy atom. The number of hydrogen-bond acceptors (Lipinski definition) is 4. The maximum Gasteiger partial charge on any atom is 0.315 e. The van der Waals surface area contributed by atoms with Crippen molar-refractivity contribution in [3.05, 3.63) is 23.8 Å². The average molecular weight is 266 g/mol. The number of amides is 2. The third kappa shape index (κ3) is 5.21. The van der Waals surface area contributed by atoms with Gasteiger partial charge in [0.15, 0.2) is 0 Å². The van der Waals surface area contributed by atoms with Crippen LogP contribution in [0.1, 0.15) is 32.0 Å². The summed E-state index contributed by atoms with van der Waals surface area (Å²) < 4.78 is 4.86. The average Bonchev–Trinajstić information content (AvgIpc) is 2.36. The van der Waals surface area contributed by atoms with Crippen LogP contribution in [0.25, 0.3) is 0 Å². The SMILES string of the molecule is COCCNC(=O)NCc1cncnc1C(C)(C)C. The summed E-state index contributed by atoms with van der Waals surface area (Å²) >= 11 is 0. The number of hydrogen-bond donors (Lipinski definition) is 2. The van der Waals surface area contributed by atoms with E-state index in [0.717, 1.165) is 11.3 Å². The highest BCUT2D eigenvalue weighted by molar-refractivity contribution is 5.73. The zero-order valence-electron chi connectivity index (χ0n) is 12.0. The largest absolute Gasteiger partial charge is 0.383 e. The van der Waals surface area contributed by atoms with E-state index in [4.69, 9.17) is 4.74 Å². The Morgan fingerprint density at radius 1 is 1.37 bits per heavy atom. The third-order valence-electron chi connectivity index (χ3n) is 2.53. The van der Waals surface area contributed by atoms with Crippen LogP contribution in [0.2, 0.25) is 0 Å². The summed E-state index contributed by atoms with van der Waals surface area (Å²) in [6.07, 6.45) is 3.27. The smallest absolute Gasteiger partial charge is 0.315 e. The highest BCUT2D eigenvalue weighted by atomic mass is 16.5. The van der Waals surface area contributed by atoms with Gasteiger partial charge in [-0.05, 0) is 0 Å². The van der Waals surface area contributed by atoms with Gasteiger partial charge in [-0.2, -0.15) is 0 Å². The molecule has 1 rings (SSSR count). The molecule has 0 radical (unpaired) electrons. The normalized spacial score (nSPS) is 11.2. The summed E-state index contributed by atoms with van der Waals surface area (Å²) in [5.41, 5.74) is 1.79. The molecule has 1 heterocycles. The maximum atomic E-state index is 11.5. The van der Waals surface area contributed by atoms with E-state index < -0.39 is 0 Å². The topological polar surface area (TPSA) is 76.1 Å². The molecular weight excluding hydrogens is 244 g/mol. The minimum absolute atomic E-state index is 0.0769. The minimum Gasteiger partial charge on any atom is -0.383 e. The quantitative estimate of drug-likeness (QED) is 0.786. The molecule has 0 saturated heterocycles. The Morgan fingerprint density at radius 3 is 2.74 bits per heavy atom. The number of methoxy groups -OCH3 is 1. The molecule has 19 heavy (non-hydrogen) atoms. The summed E-state index contributed by atoms with van der Waals surface area (Å²) in [4.78, 5) is 19.8. The van der Waals surface area contributed by atoms with Crippen LogP contribution in [-0.2, 0) is 16.7 Å². The number of carbonyl (C=O) groups excluding carboxylic acids is 1. The Hall–Kier alpha value is -1.69. The lowest BCUT2D eigenvalue weighted by Gasteiger charge is -2.21. The fraction of sp³-hybridized carbons (Fsp3) is 0.615. The highest BCUT2D eigenvalue weighted by Gasteiger charge is 2.19. The van der Waals surface area contributed by atoms with Gasteiger partial charge in [-0.1, -0.05) is 20.8 Å². The summed E-state index contributed by atoms with van der Waals surface area (Å²) in [5.74, 6) is 0. The lowest BCUT2D eigenvalue weighted by Crippen LogP contribution is -2.37. The molecular formula is C13H22N4O2. The summed E-state index contributed by atoms with van der Waals surface area (Å²) in [5, 5.41) is 5.48. The van der Waals surface area contributed by atoms with Crippen LogP contribution >= 0.6 is 0 Å². The second-order valence-corrected chi connectivity index (χ2v) is 5.25. The summed E-state index contributed by atoms with van der Waals surface area (Å²) in [7, 11) is 1.59. The zero-order chi connectivity index (χ0) is 14.3. The van der Waals surface area contributed by atoms with E-state index in [9.17, 15) is 4.79 Å². The fourth-order valence-corrected chi connectivity index (χ4v) is 1.67. The van der Waals surface area contributed by atoms with Crippen molar-refractivity contribution in [1.82, 2.24) is 20.6 Å². The Kier molecular flexibility index (Phi) is 5.69. The van der Waals surface area contributed by atoms with Crippen molar-refractivity contribution in [2.75, 3.05) is 20.3 Å². The molecule has 0 bridgehead atoms.